The van der Waals surface area contributed by atoms with Gasteiger partial charge in [0, 0.05) is 0 Å². The van der Waals surface area contributed by atoms with Gasteiger partial charge in [-0.05, 0) is 30.7 Å². The molecule has 0 unspecified atom stereocenters. The number of nitrogens with one attached hydrogen (secondary N) is 1. The number of pyridine rings is 1. The lowest BCUT2D eigenvalue weighted by Gasteiger charge is -2.09. The monoisotopic (exact) mass is 281 g/mol. The van der Waals surface area contributed by atoms with Crippen LogP contribution in [0, 0.1) is 12.7 Å². The van der Waals surface area contributed by atoms with Crippen LogP contribution in [0.5, 0.6) is 0 Å². The molecule has 0 amide bonds. The Morgan fingerprint density at radius 2 is 2.00 bits per heavy atom. The van der Waals surface area contributed by atoms with Crippen molar-refractivity contribution in [3.05, 3.63) is 47.9 Å². The van der Waals surface area contributed by atoms with E-state index >= 15 is 0 Å². The van der Waals surface area contributed by atoms with Gasteiger partial charge in [0.1, 0.15) is 16.5 Å². The summed E-state index contributed by atoms with van der Waals surface area (Å²) in [5.41, 5.74) is 6.72. The summed E-state index contributed by atoms with van der Waals surface area (Å²) in [6.07, 6.45) is 1.34. The van der Waals surface area contributed by atoms with Crippen LogP contribution in [0.25, 0.3) is 0 Å². The summed E-state index contributed by atoms with van der Waals surface area (Å²) in [6, 6.07) is 6.60. The van der Waals surface area contributed by atoms with E-state index in [4.69, 9.17) is 5.73 Å². The highest BCUT2D eigenvalue weighted by Crippen LogP contribution is 2.19. The average Bonchev–Trinajstić information content (AvgIpc) is 2.34. The van der Waals surface area contributed by atoms with Crippen molar-refractivity contribution in [2.24, 2.45) is 0 Å². The average molecular weight is 281 g/mol. The Morgan fingerprint density at radius 3 is 2.63 bits per heavy atom. The molecule has 0 aliphatic rings. The van der Waals surface area contributed by atoms with E-state index in [1.807, 2.05) is 0 Å². The van der Waals surface area contributed by atoms with Crippen molar-refractivity contribution in [3.63, 3.8) is 0 Å². The van der Waals surface area contributed by atoms with Gasteiger partial charge in [-0.3, -0.25) is 4.72 Å². The molecule has 1 aromatic heterocycles. The lowest BCUT2D eigenvalue weighted by molar-refractivity contribution is 0.570. The number of aromatic nitrogens is 1. The number of halogens is 1. The summed E-state index contributed by atoms with van der Waals surface area (Å²) in [7, 11) is -4.00. The van der Waals surface area contributed by atoms with Gasteiger partial charge >= 0.3 is 0 Å². The number of hydrogen-bond acceptors (Lipinski definition) is 4. The van der Waals surface area contributed by atoms with Gasteiger partial charge in [-0.2, -0.15) is 0 Å². The Hall–Kier alpha value is -2.15. The first kappa shape index (κ1) is 13.3. The maximum atomic E-state index is 13.5. The molecule has 2 aromatic rings. The first-order valence-electron chi connectivity index (χ1n) is 5.39. The molecule has 7 heteroatoms. The number of nitrogen functional groups attached to an aromatic ring is 1. The minimum absolute atomic E-state index is 0.0925. The molecule has 0 saturated carbocycles. The fourth-order valence-electron chi connectivity index (χ4n) is 1.48. The molecule has 0 spiro atoms. The molecule has 19 heavy (non-hydrogen) atoms. The topological polar surface area (TPSA) is 85.1 Å². The lowest BCUT2D eigenvalue weighted by Crippen LogP contribution is -2.15. The molecule has 5 nitrogen and oxygen atoms in total. The quantitative estimate of drug-likeness (QED) is 0.900. The third kappa shape index (κ3) is 2.82. The van der Waals surface area contributed by atoms with E-state index in [1.54, 1.807) is 6.92 Å². The summed E-state index contributed by atoms with van der Waals surface area (Å²) in [4.78, 5) is 3.42. The molecule has 0 saturated heterocycles. The minimum atomic E-state index is -4.00. The van der Waals surface area contributed by atoms with Gasteiger partial charge in [-0.15, -0.1) is 0 Å². The van der Waals surface area contributed by atoms with Gasteiger partial charge in [-0.25, -0.2) is 17.8 Å². The van der Waals surface area contributed by atoms with E-state index in [2.05, 4.69) is 9.71 Å². The molecular formula is C12H12FN3O2S. The number of rotatable bonds is 3. The number of sulfonamides is 1. The molecule has 1 heterocycles. The lowest BCUT2D eigenvalue weighted by atomic mass is 10.2. The standard InChI is InChI=1S/C12H12FN3O2S/c1-8-6-12(15-7-10(8)14)16-19(17,18)11-5-3-2-4-9(11)13/h2-7H,14H2,1H3,(H,15,16). The SMILES string of the molecule is Cc1cc(NS(=O)(=O)c2ccccc2F)ncc1N. The van der Waals surface area contributed by atoms with E-state index in [-0.39, 0.29) is 5.82 Å². The predicted octanol–water partition coefficient (Wildman–Crippen LogP) is 1.91. The summed E-state index contributed by atoms with van der Waals surface area (Å²) < 4.78 is 39.7. The van der Waals surface area contributed by atoms with Gasteiger partial charge in [0.25, 0.3) is 10.0 Å². The summed E-state index contributed by atoms with van der Waals surface area (Å²) >= 11 is 0. The molecule has 100 valence electrons. The van der Waals surface area contributed by atoms with Crippen LogP contribution in [0.15, 0.2) is 41.4 Å². The summed E-state index contributed by atoms with van der Waals surface area (Å²) in [6.45, 7) is 1.72. The fourth-order valence-corrected chi connectivity index (χ4v) is 2.56. The molecule has 0 radical (unpaired) electrons. The van der Waals surface area contributed by atoms with E-state index in [0.29, 0.717) is 11.3 Å². The molecule has 2 rings (SSSR count). The van der Waals surface area contributed by atoms with Crippen LogP contribution in [-0.2, 0) is 10.0 Å². The van der Waals surface area contributed by atoms with Gasteiger partial charge in [0.2, 0.25) is 0 Å². The Balaban J connectivity index is 2.37. The fraction of sp³-hybridized carbons (Fsp3) is 0.0833. The first-order chi connectivity index (χ1) is 8.90. The Labute approximate surface area is 110 Å². The third-order valence-corrected chi connectivity index (χ3v) is 3.90. The van der Waals surface area contributed by atoms with Gasteiger partial charge < -0.3 is 5.73 Å². The smallest absolute Gasteiger partial charge is 0.265 e. The van der Waals surface area contributed by atoms with E-state index in [0.717, 1.165) is 6.07 Å². The minimum Gasteiger partial charge on any atom is -0.397 e. The van der Waals surface area contributed by atoms with E-state index < -0.39 is 20.7 Å². The number of hydrogen-bond donors (Lipinski definition) is 2. The van der Waals surface area contributed by atoms with Crippen LogP contribution in [0.1, 0.15) is 5.56 Å². The van der Waals surface area contributed by atoms with Crippen molar-refractivity contribution in [2.45, 2.75) is 11.8 Å². The van der Waals surface area contributed by atoms with Crippen LogP contribution in [0.3, 0.4) is 0 Å². The summed E-state index contributed by atoms with van der Waals surface area (Å²) in [5, 5.41) is 0. The van der Waals surface area contributed by atoms with Crippen LogP contribution >= 0.6 is 0 Å². The maximum Gasteiger partial charge on any atom is 0.265 e. The van der Waals surface area contributed by atoms with Crippen LogP contribution in [0.4, 0.5) is 15.9 Å². The number of nitrogens with zero attached hydrogens (tertiary/aromatic N) is 1. The highest BCUT2D eigenvalue weighted by atomic mass is 32.2. The molecule has 0 aliphatic heterocycles. The Morgan fingerprint density at radius 1 is 1.32 bits per heavy atom. The maximum absolute atomic E-state index is 13.5. The Kier molecular flexibility index (Phi) is 3.39. The molecule has 3 N–H and O–H groups in total. The van der Waals surface area contributed by atoms with Crippen molar-refractivity contribution in [3.8, 4) is 0 Å². The van der Waals surface area contributed by atoms with Gasteiger partial charge in [0.05, 0.1) is 11.9 Å². The third-order valence-electron chi connectivity index (χ3n) is 2.52. The first-order valence-corrected chi connectivity index (χ1v) is 6.88. The van der Waals surface area contributed by atoms with Crippen LogP contribution in [-0.4, -0.2) is 13.4 Å². The van der Waals surface area contributed by atoms with Crippen molar-refractivity contribution >= 4 is 21.5 Å². The zero-order valence-corrected chi connectivity index (χ0v) is 10.9. The van der Waals surface area contributed by atoms with Crippen molar-refractivity contribution in [2.75, 3.05) is 10.5 Å². The molecule has 1 aromatic carbocycles. The molecule has 0 fully saturated rings. The largest absolute Gasteiger partial charge is 0.397 e. The van der Waals surface area contributed by atoms with Crippen molar-refractivity contribution < 1.29 is 12.8 Å². The van der Waals surface area contributed by atoms with Gasteiger partial charge in [-0.1, -0.05) is 12.1 Å². The second-order valence-electron chi connectivity index (χ2n) is 3.96. The Bertz CT molecular complexity index is 717. The normalized spacial score (nSPS) is 11.3. The van der Waals surface area contributed by atoms with Crippen molar-refractivity contribution in [1.82, 2.24) is 4.98 Å². The number of anilines is 2. The van der Waals surface area contributed by atoms with E-state index in [9.17, 15) is 12.8 Å². The molecular weight excluding hydrogens is 269 g/mol. The highest BCUT2D eigenvalue weighted by molar-refractivity contribution is 7.92. The summed E-state index contributed by atoms with van der Waals surface area (Å²) in [5.74, 6) is -0.725. The number of benzene rings is 1. The number of aryl methyl sites for hydroxylation is 1. The highest BCUT2D eigenvalue weighted by Gasteiger charge is 2.19. The second-order valence-corrected chi connectivity index (χ2v) is 5.61. The van der Waals surface area contributed by atoms with Gasteiger partial charge in [0.15, 0.2) is 0 Å². The second kappa shape index (κ2) is 4.85. The van der Waals surface area contributed by atoms with Crippen LogP contribution < -0.4 is 10.5 Å². The van der Waals surface area contributed by atoms with Crippen LogP contribution in [0.2, 0.25) is 0 Å². The van der Waals surface area contributed by atoms with E-state index in [1.165, 1.54) is 30.5 Å². The molecule has 0 bridgehead atoms. The molecule has 0 aliphatic carbocycles. The number of nitrogens with two attached hydrogens (primary N) is 1. The predicted molar refractivity (Wildman–Crippen MR) is 70.6 cm³/mol. The zero-order chi connectivity index (χ0) is 14.0. The zero-order valence-electron chi connectivity index (χ0n) is 10.1. The molecule has 0 atom stereocenters. The van der Waals surface area contributed by atoms with Crippen molar-refractivity contribution in [1.29, 1.82) is 0 Å².